The normalized spacial score (nSPS) is 20.5. The van der Waals surface area contributed by atoms with Gasteiger partial charge in [0, 0.05) is 12.0 Å². The first-order valence-electron chi connectivity index (χ1n) is 6.19. The Balaban J connectivity index is 1.96. The van der Waals surface area contributed by atoms with Crippen molar-refractivity contribution >= 4 is 5.97 Å². The molecule has 0 aromatic heterocycles. The van der Waals surface area contributed by atoms with E-state index in [-0.39, 0.29) is 11.9 Å². The van der Waals surface area contributed by atoms with Crippen molar-refractivity contribution < 1.29 is 14.4 Å². The lowest BCUT2D eigenvalue weighted by Gasteiger charge is -2.27. The van der Waals surface area contributed by atoms with Crippen LogP contribution in [-0.2, 0) is 22.5 Å². The summed E-state index contributed by atoms with van der Waals surface area (Å²) in [5, 5.41) is 0. The van der Waals surface area contributed by atoms with Crippen LogP contribution in [-0.4, -0.2) is 26.2 Å². The number of hydrogen-bond acceptors (Lipinski definition) is 2. The van der Waals surface area contributed by atoms with Gasteiger partial charge >= 0.3 is 5.97 Å². The first-order valence-corrected chi connectivity index (χ1v) is 6.19. The van der Waals surface area contributed by atoms with Crippen molar-refractivity contribution in [3.8, 4) is 0 Å². The monoisotopic (exact) mass is 234 g/mol. The highest BCUT2D eigenvalue weighted by Gasteiger charge is 2.24. The SMILES string of the molecule is COC(=O)[C@@H](C)C[NH+]1CCc2ccccc2C1. The van der Waals surface area contributed by atoms with E-state index in [0.717, 1.165) is 26.1 Å². The Morgan fingerprint density at radius 1 is 1.41 bits per heavy atom. The summed E-state index contributed by atoms with van der Waals surface area (Å²) in [5.74, 6) is -0.114. The van der Waals surface area contributed by atoms with Crippen molar-refractivity contribution in [1.82, 2.24) is 0 Å². The number of esters is 1. The van der Waals surface area contributed by atoms with E-state index in [2.05, 4.69) is 24.3 Å². The summed E-state index contributed by atoms with van der Waals surface area (Å²) in [4.78, 5) is 12.9. The Bertz CT molecular complexity index is 403. The van der Waals surface area contributed by atoms with E-state index in [1.165, 1.54) is 23.1 Å². The summed E-state index contributed by atoms with van der Waals surface area (Å²) >= 11 is 0. The molecule has 0 saturated carbocycles. The number of rotatable bonds is 3. The molecular formula is C14H20NO2+. The number of carbonyl (C=O) groups excluding carboxylic acids is 1. The molecule has 1 unspecified atom stereocenters. The van der Waals surface area contributed by atoms with Gasteiger partial charge in [0.25, 0.3) is 0 Å². The van der Waals surface area contributed by atoms with E-state index in [0.29, 0.717) is 0 Å². The summed E-state index contributed by atoms with van der Waals surface area (Å²) in [5.41, 5.74) is 2.88. The summed E-state index contributed by atoms with van der Waals surface area (Å²) in [6.45, 7) is 4.94. The standard InChI is InChI=1S/C14H19NO2/c1-11(14(16)17-2)9-15-8-7-12-5-3-4-6-13(12)10-15/h3-6,11H,7-10H2,1-2H3/p+1/t11-/m0/s1. The first kappa shape index (κ1) is 12.1. The van der Waals surface area contributed by atoms with Crippen molar-refractivity contribution in [3.05, 3.63) is 35.4 Å². The van der Waals surface area contributed by atoms with Gasteiger partial charge in [0.1, 0.15) is 12.5 Å². The number of benzene rings is 1. The molecule has 0 fully saturated rings. The maximum absolute atomic E-state index is 11.4. The van der Waals surface area contributed by atoms with Gasteiger partial charge in [-0.05, 0) is 12.5 Å². The van der Waals surface area contributed by atoms with Crippen LogP contribution in [0.5, 0.6) is 0 Å². The van der Waals surface area contributed by atoms with Crippen LogP contribution in [0, 0.1) is 5.92 Å². The minimum absolute atomic E-state index is 0.0136. The zero-order valence-corrected chi connectivity index (χ0v) is 10.5. The van der Waals surface area contributed by atoms with E-state index in [9.17, 15) is 4.79 Å². The third kappa shape index (κ3) is 2.86. The van der Waals surface area contributed by atoms with Crippen molar-refractivity contribution in [1.29, 1.82) is 0 Å². The second-order valence-corrected chi connectivity index (χ2v) is 4.82. The average Bonchev–Trinajstić information content (AvgIpc) is 2.37. The van der Waals surface area contributed by atoms with Gasteiger partial charge in [0.05, 0.1) is 20.2 Å². The van der Waals surface area contributed by atoms with Crippen LogP contribution >= 0.6 is 0 Å². The fourth-order valence-electron chi connectivity index (χ4n) is 2.53. The predicted octanol–water partition coefficient (Wildman–Crippen LogP) is 0.437. The lowest BCUT2D eigenvalue weighted by Crippen LogP contribution is -3.12. The number of nitrogens with one attached hydrogen (secondary N) is 1. The highest BCUT2D eigenvalue weighted by molar-refractivity contribution is 5.71. The smallest absolute Gasteiger partial charge is 0.314 e. The highest BCUT2D eigenvalue weighted by Crippen LogP contribution is 2.10. The zero-order chi connectivity index (χ0) is 12.3. The lowest BCUT2D eigenvalue weighted by atomic mass is 9.99. The number of hydrogen-bond donors (Lipinski definition) is 1. The van der Waals surface area contributed by atoms with Gasteiger partial charge in [-0.25, -0.2) is 0 Å². The molecule has 92 valence electrons. The minimum atomic E-state index is -0.101. The molecule has 3 heteroatoms. The van der Waals surface area contributed by atoms with Gasteiger partial charge in [-0.2, -0.15) is 0 Å². The molecule has 1 aromatic rings. The van der Waals surface area contributed by atoms with Crippen LogP contribution in [0.3, 0.4) is 0 Å². The van der Waals surface area contributed by atoms with Gasteiger partial charge in [0.15, 0.2) is 0 Å². The van der Waals surface area contributed by atoms with E-state index in [1.54, 1.807) is 0 Å². The fourth-order valence-corrected chi connectivity index (χ4v) is 2.53. The minimum Gasteiger partial charge on any atom is -0.469 e. The quantitative estimate of drug-likeness (QED) is 0.769. The van der Waals surface area contributed by atoms with Gasteiger partial charge in [-0.3, -0.25) is 4.79 Å². The molecule has 1 aliphatic heterocycles. The molecule has 0 bridgehead atoms. The Morgan fingerprint density at radius 3 is 2.82 bits per heavy atom. The molecule has 2 rings (SSSR count). The zero-order valence-electron chi connectivity index (χ0n) is 10.5. The Kier molecular flexibility index (Phi) is 3.79. The number of quaternary nitrogens is 1. The number of carbonyl (C=O) groups is 1. The van der Waals surface area contributed by atoms with Crippen LogP contribution < -0.4 is 4.90 Å². The molecule has 0 spiro atoms. The van der Waals surface area contributed by atoms with Crippen LogP contribution in [0.2, 0.25) is 0 Å². The van der Waals surface area contributed by atoms with Crippen LogP contribution in [0.15, 0.2) is 24.3 Å². The molecule has 1 aromatic carbocycles. The largest absolute Gasteiger partial charge is 0.469 e. The summed E-state index contributed by atoms with van der Waals surface area (Å²) in [7, 11) is 1.46. The van der Waals surface area contributed by atoms with E-state index in [4.69, 9.17) is 4.74 Å². The molecule has 17 heavy (non-hydrogen) atoms. The first-order chi connectivity index (χ1) is 8.20. The summed E-state index contributed by atoms with van der Waals surface area (Å²) < 4.78 is 4.77. The van der Waals surface area contributed by atoms with Crippen molar-refractivity contribution in [2.45, 2.75) is 19.9 Å². The van der Waals surface area contributed by atoms with Gasteiger partial charge in [0.2, 0.25) is 0 Å². The lowest BCUT2D eigenvalue weighted by molar-refractivity contribution is -0.918. The van der Waals surface area contributed by atoms with Crippen molar-refractivity contribution in [2.24, 2.45) is 5.92 Å². The number of methoxy groups -OCH3 is 1. The molecule has 3 nitrogen and oxygen atoms in total. The highest BCUT2D eigenvalue weighted by atomic mass is 16.5. The molecule has 1 heterocycles. The Morgan fingerprint density at radius 2 is 2.12 bits per heavy atom. The summed E-state index contributed by atoms with van der Waals surface area (Å²) in [6, 6.07) is 8.58. The van der Waals surface area contributed by atoms with Crippen LogP contribution in [0.4, 0.5) is 0 Å². The third-order valence-electron chi connectivity index (χ3n) is 3.51. The topological polar surface area (TPSA) is 30.7 Å². The fraction of sp³-hybridized carbons (Fsp3) is 0.500. The molecule has 0 aliphatic carbocycles. The van der Waals surface area contributed by atoms with Gasteiger partial charge < -0.3 is 9.64 Å². The van der Waals surface area contributed by atoms with Crippen molar-refractivity contribution in [2.75, 3.05) is 20.2 Å². The molecule has 0 radical (unpaired) electrons. The number of ether oxygens (including phenoxy) is 1. The van der Waals surface area contributed by atoms with Gasteiger partial charge in [-0.15, -0.1) is 0 Å². The van der Waals surface area contributed by atoms with E-state index in [1.807, 2.05) is 6.92 Å². The molecule has 1 N–H and O–H groups in total. The Hall–Kier alpha value is -1.35. The van der Waals surface area contributed by atoms with Crippen LogP contribution in [0.25, 0.3) is 0 Å². The third-order valence-corrected chi connectivity index (χ3v) is 3.51. The Labute approximate surface area is 102 Å². The molecule has 0 saturated heterocycles. The second-order valence-electron chi connectivity index (χ2n) is 4.82. The average molecular weight is 234 g/mol. The maximum Gasteiger partial charge on any atom is 0.314 e. The number of fused-ring (bicyclic) bond motifs is 1. The molecule has 2 atom stereocenters. The van der Waals surface area contributed by atoms with Gasteiger partial charge in [-0.1, -0.05) is 24.3 Å². The van der Waals surface area contributed by atoms with E-state index < -0.39 is 0 Å². The van der Waals surface area contributed by atoms with Crippen molar-refractivity contribution in [3.63, 3.8) is 0 Å². The second kappa shape index (κ2) is 5.32. The molecular weight excluding hydrogens is 214 g/mol. The molecule has 0 amide bonds. The predicted molar refractivity (Wildman–Crippen MR) is 65.7 cm³/mol. The summed E-state index contributed by atoms with van der Waals surface area (Å²) in [6.07, 6.45) is 1.11. The van der Waals surface area contributed by atoms with E-state index >= 15 is 0 Å². The maximum atomic E-state index is 11.4. The van der Waals surface area contributed by atoms with Crippen LogP contribution in [0.1, 0.15) is 18.1 Å². The molecule has 1 aliphatic rings.